The van der Waals surface area contributed by atoms with Gasteiger partial charge in [0, 0.05) is 26.2 Å². The van der Waals surface area contributed by atoms with E-state index in [9.17, 15) is 4.79 Å². The summed E-state index contributed by atoms with van der Waals surface area (Å²) in [6.07, 6.45) is 1.90. The van der Waals surface area contributed by atoms with E-state index in [2.05, 4.69) is 25.9 Å². The number of para-hydroxylation sites is 2. The van der Waals surface area contributed by atoms with E-state index in [4.69, 9.17) is 9.47 Å². The number of guanidine groups is 1. The predicted molar refractivity (Wildman–Crippen MR) is 130 cm³/mol. The number of amides is 1. The molecule has 1 atom stereocenters. The lowest BCUT2D eigenvalue weighted by molar-refractivity contribution is -0.116. The third-order valence-electron chi connectivity index (χ3n) is 4.00. The maximum Gasteiger partial charge on any atom is 0.227 e. The molecule has 0 aliphatic rings. The molecule has 2 rings (SSSR count). The minimum absolute atomic E-state index is 0. The number of benzene rings is 1. The topological polar surface area (TPSA) is 96.9 Å². The van der Waals surface area contributed by atoms with Crippen molar-refractivity contribution in [3.63, 3.8) is 0 Å². The number of rotatable bonds is 9. The molecule has 3 N–H and O–H groups in total. The number of methoxy groups -OCH3 is 1. The van der Waals surface area contributed by atoms with E-state index in [1.807, 2.05) is 44.2 Å². The third-order valence-corrected chi connectivity index (χ3v) is 4.00. The summed E-state index contributed by atoms with van der Waals surface area (Å²) < 4.78 is 11.2. The first kappa shape index (κ1) is 25.5. The number of aromatic nitrogens is 1. The van der Waals surface area contributed by atoms with Gasteiger partial charge in [0.1, 0.15) is 11.9 Å². The Bertz CT molecular complexity index is 815. The van der Waals surface area contributed by atoms with Crippen LogP contribution in [0.15, 0.2) is 47.6 Å². The van der Waals surface area contributed by atoms with Crippen molar-refractivity contribution in [3.8, 4) is 11.5 Å². The molecule has 1 unspecified atom stereocenters. The molecule has 0 saturated heterocycles. The maximum absolute atomic E-state index is 12.0. The molecule has 0 aliphatic carbocycles. The summed E-state index contributed by atoms with van der Waals surface area (Å²) in [5.41, 5.74) is 1.04. The lowest BCUT2D eigenvalue weighted by Crippen LogP contribution is -2.42. The number of carbonyl (C=O) groups is 1. The third kappa shape index (κ3) is 8.85. The van der Waals surface area contributed by atoms with Crippen LogP contribution in [0.4, 0.5) is 5.82 Å². The zero-order valence-electron chi connectivity index (χ0n) is 17.8. The molecule has 1 amide bonds. The second-order valence-electron chi connectivity index (χ2n) is 6.48. The largest absolute Gasteiger partial charge is 0.493 e. The number of aliphatic imine (C=N–C) groups is 1. The number of aryl methyl sites for hydroxylation is 1. The molecule has 8 nitrogen and oxygen atoms in total. The van der Waals surface area contributed by atoms with E-state index in [0.29, 0.717) is 42.8 Å². The zero-order chi connectivity index (χ0) is 21.1. The summed E-state index contributed by atoms with van der Waals surface area (Å²) in [4.78, 5) is 20.3. The fourth-order valence-corrected chi connectivity index (χ4v) is 2.48. The number of ether oxygens (including phenoxy) is 2. The molecule has 0 aliphatic heterocycles. The quantitative estimate of drug-likeness (QED) is 0.264. The Hall–Kier alpha value is -2.56. The molecule has 0 spiro atoms. The zero-order valence-corrected chi connectivity index (χ0v) is 20.1. The maximum atomic E-state index is 12.0. The number of hydrogen-bond acceptors (Lipinski definition) is 5. The Kier molecular flexibility index (Phi) is 11.6. The summed E-state index contributed by atoms with van der Waals surface area (Å²) in [7, 11) is 3.29. The van der Waals surface area contributed by atoms with Gasteiger partial charge in [-0.05, 0) is 37.6 Å². The number of anilines is 1. The number of nitrogens with zero attached hydrogens (tertiary/aromatic N) is 2. The molecule has 1 aromatic carbocycles. The first-order valence-corrected chi connectivity index (χ1v) is 9.48. The molecule has 164 valence electrons. The normalized spacial score (nSPS) is 11.7. The fraction of sp³-hybridized carbons (Fsp3) is 0.381. The molecule has 9 heteroatoms. The van der Waals surface area contributed by atoms with E-state index < -0.39 is 0 Å². The predicted octanol–water partition coefficient (Wildman–Crippen LogP) is 2.98. The van der Waals surface area contributed by atoms with E-state index >= 15 is 0 Å². The van der Waals surface area contributed by atoms with Crippen molar-refractivity contribution >= 4 is 41.7 Å². The first-order chi connectivity index (χ1) is 14.0. The van der Waals surface area contributed by atoms with Crippen LogP contribution in [0.5, 0.6) is 11.5 Å². The van der Waals surface area contributed by atoms with Crippen LogP contribution in [-0.2, 0) is 4.79 Å². The van der Waals surface area contributed by atoms with Crippen LogP contribution in [0.25, 0.3) is 0 Å². The van der Waals surface area contributed by atoms with Crippen LogP contribution in [-0.4, -0.2) is 50.2 Å². The summed E-state index contributed by atoms with van der Waals surface area (Å²) in [5, 5.41) is 9.07. The van der Waals surface area contributed by atoms with Crippen LogP contribution in [0, 0.1) is 6.92 Å². The summed E-state index contributed by atoms with van der Waals surface area (Å²) >= 11 is 0. The summed E-state index contributed by atoms with van der Waals surface area (Å²) in [5.74, 6) is 2.41. The van der Waals surface area contributed by atoms with Crippen molar-refractivity contribution < 1.29 is 14.3 Å². The molecule has 0 bridgehead atoms. The lowest BCUT2D eigenvalue weighted by atomic mass is 10.3. The highest BCUT2D eigenvalue weighted by Gasteiger charge is 2.10. The number of hydrogen-bond donors (Lipinski definition) is 3. The van der Waals surface area contributed by atoms with Gasteiger partial charge in [0.15, 0.2) is 17.5 Å². The van der Waals surface area contributed by atoms with Crippen molar-refractivity contribution in [2.24, 2.45) is 4.99 Å². The number of nitrogens with one attached hydrogen (secondary N) is 3. The van der Waals surface area contributed by atoms with Gasteiger partial charge in [-0.3, -0.25) is 9.79 Å². The van der Waals surface area contributed by atoms with Gasteiger partial charge in [-0.25, -0.2) is 4.98 Å². The number of carbonyl (C=O) groups excluding carboxylic acids is 1. The van der Waals surface area contributed by atoms with Crippen LogP contribution in [0.3, 0.4) is 0 Å². The molecule has 0 saturated carbocycles. The molecular formula is C21H30IN5O3. The molecule has 30 heavy (non-hydrogen) atoms. The van der Waals surface area contributed by atoms with Crippen molar-refractivity contribution in [1.29, 1.82) is 0 Å². The van der Waals surface area contributed by atoms with Gasteiger partial charge >= 0.3 is 0 Å². The van der Waals surface area contributed by atoms with E-state index in [1.165, 1.54) is 0 Å². The lowest BCUT2D eigenvalue weighted by Gasteiger charge is -2.19. The average Bonchev–Trinajstić information content (AvgIpc) is 2.72. The SMILES string of the molecule is CN=C(NCCC(=O)Nc1ccc(C)cn1)NCC(C)Oc1ccccc1OC.I. The smallest absolute Gasteiger partial charge is 0.227 e. The molecule has 1 heterocycles. The van der Waals surface area contributed by atoms with E-state index in [-0.39, 0.29) is 36.0 Å². The minimum Gasteiger partial charge on any atom is -0.493 e. The molecule has 2 aromatic rings. The Balaban J connectivity index is 0.00000450. The molecule has 0 fully saturated rings. The van der Waals surface area contributed by atoms with Gasteiger partial charge in [0.25, 0.3) is 0 Å². The Morgan fingerprint density at radius 2 is 1.90 bits per heavy atom. The van der Waals surface area contributed by atoms with Gasteiger partial charge < -0.3 is 25.4 Å². The van der Waals surface area contributed by atoms with Gasteiger partial charge in [-0.1, -0.05) is 18.2 Å². The number of pyridine rings is 1. The summed E-state index contributed by atoms with van der Waals surface area (Å²) in [6.45, 7) is 4.88. The van der Waals surface area contributed by atoms with E-state index in [1.54, 1.807) is 26.4 Å². The van der Waals surface area contributed by atoms with Crippen LogP contribution >= 0.6 is 24.0 Å². The number of halogens is 1. The fourth-order valence-electron chi connectivity index (χ4n) is 2.48. The van der Waals surface area contributed by atoms with Crippen molar-refractivity contribution in [2.75, 3.05) is 32.6 Å². The van der Waals surface area contributed by atoms with Crippen LogP contribution in [0.1, 0.15) is 18.9 Å². The molecule has 0 radical (unpaired) electrons. The van der Waals surface area contributed by atoms with Crippen LogP contribution in [0.2, 0.25) is 0 Å². The Morgan fingerprint density at radius 1 is 1.17 bits per heavy atom. The highest BCUT2D eigenvalue weighted by atomic mass is 127. The monoisotopic (exact) mass is 527 g/mol. The molecular weight excluding hydrogens is 497 g/mol. The van der Waals surface area contributed by atoms with E-state index in [0.717, 1.165) is 5.56 Å². The van der Waals surface area contributed by atoms with Gasteiger partial charge in [0.2, 0.25) is 5.91 Å². The first-order valence-electron chi connectivity index (χ1n) is 9.48. The minimum atomic E-state index is -0.114. The second-order valence-corrected chi connectivity index (χ2v) is 6.48. The average molecular weight is 527 g/mol. The highest BCUT2D eigenvalue weighted by molar-refractivity contribution is 14.0. The standard InChI is InChI=1S/C21H29N5O3.HI/c1-15-9-10-19(24-13-15)26-20(27)11-12-23-21(22-3)25-14-16(2)29-18-8-6-5-7-17(18)28-4;/h5-10,13,16H,11-12,14H2,1-4H3,(H2,22,23,25)(H,24,26,27);1H. The highest BCUT2D eigenvalue weighted by Crippen LogP contribution is 2.26. The Morgan fingerprint density at radius 3 is 2.53 bits per heavy atom. The summed E-state index contributed by atoms with van der Waals surface area (Å²) in [6, 6.07) is 11.2. The molecule has 1 aromatic heterocycles. The second kappa shape index (κ2) is 13.6. The Labute approximate surface area is 194 Å². The van der Waals surface area contributed by atoms with Crippen molar-refractivity contribution in [1.82, 2.24) is 15.6 Å². The van der Waals surface area contributed by atoms with Crippen LogP contribution < -0.4 is 25.4 Å². The van der Waals surface area contributed by atoms with Gasteiger partial charge in [0.05, 0.1) is 13.7 Å². The van der Waals surface area contributed by atoms with Crippen molar-refractivity contribution in [2.45, 2.75) is 26.4 Å². The van der Waals surface area contributed by atoms with Gasteiger partial charge in [-0.15, -0.1) is 24.0 Å². The van der Waals surface area contributed by atoms with Crippen molar-refractivity contribution in [3.05, 3.63) is 48.2 Å². The van der Waals surface area contributed by atoms with Gasteiger partial charge in [-0.2, -0.15) is 0 Å².